The molecule has 2 amide bonds. The molecule has 5 rings (SSSR count). The van der Waals surface area contributed by atoms with Gasteiger partial charge in [0.15, 0.2) is 6.19 Å². The molecule has 3 aromatic carbocycles. The molecule has 0 spiro atoms. The van der Waals surface area contributed by atoms with Crippen LogP contribution in [0.5, 0.6) is 0 Å². The third kappa shape index (κ3) is 5.55. The number of rotatable bonds is 3. The van der Waals surface area contributed by atoms with Crippen LogP contribution >= 0.6 is 0 Å². The first-order valence-corrected chi connectivity index (χ1v) is 12.3. The van der Waals surface area contributed by atoms with Crippen LogP contribution in [-0.4, -0.2) is 48.0 Å². The van der Waals surface area contributed by atoms with Gasteiger partial charge in [-0.2, -0.15) is 5.26 Å². The fourth-order valence-electron chi connectivity index (χ4n) is 4.87. The van der Waals surface area contributed by atoms with Gasteiger partial charge in [0.25, 0.3) is 0 Å². The van der Waals surface area contributed by atoms with Crippen molar-refractivity contribution in [3.8, 4) is 6.19 Å². The average Bonchev–Trinajstić information content (AvgIpc) is 2.94. The summed E-state index contributed by atoms with van der Waals surface area (Å²) >= 11 is 0. The molecule has 0 aromatic heterocycles. The van der Waals surface area contributed by atoms with E-state index in [-0.39, 0.29) is 17.9 Å². The van der Waals surface area contributed by atoms with E-state index in [9.17, 15) is 14.4 Å². The van der Waals surface area contributed by atoms with E-state index in [1.165, 1.54) is 23.3 Å². The molecule has 2 aliphatic rings. The lowest BCUT2D eigenvalue weighted by Gasteiger charge is -2.42. The number of halogens is 1. The van der Waals surface area contributed by atoms with Crippen molar-refractivity contribution in [3.05, 3.63) is 95.3 Å². The summed E-state index contributed by atoms with van der Waals surface area (Å²) in [6.07, 6.45) is 2.91. The molecule has 1 unspecified atom stereocenters. The molecule has 0 aliphatic carbocycles. The summed E-state index contributed by atoms with van der Waals surface area (Å²) in [5, 5.41) is 18.6. The quantitative estimate of drug-likeness (QED) is 0.219. The zero-order valence-electron chi connectivity index (χ0n) is 20.3. The summed E-state index contributed by atoms with van der Waals surface area (Å²) in [7, 11) is 0. The Bertz CT molecular complexity index is 1320. The third-order valence-electron chi connectivity index (χ3n) is 6.73. The highest BCUT2D eigenvalue weighted by Gasteiger charge is 2.33. The number of benzene rings is 3. The SMILES string of the molecule is N#CNC(=Nc1cccc2c1CCNC2)N1CCN(C(=O)Nc2ccc(F)cc2)C(c2ccccc2)C1. The fourth-order valence-corrected chi connectivity index (χ4v) is 4.87. The highest BCUT2D eigenvalue weighted by Crippen LogP contribution is 2.29. The number of aliphatic imine (C=N–C) groups is 1. The number of nitrogens with one attached hydrogen (secondary N) is 3. The van der Waals surface area contributed by atoms with E-state index in [0.717, 1.165) is 30.8 Å². The fraction of sp³-hybridized carbons (Fsp3) is 0.250. The summed E-state index contributed by atoms with van der Waals surface area (Å²) < 4.78 is 13.3. The maximum atomic E-state index is 13.3. The second kappa shape index (κ2) is 11.1. The molecule has 3 N–H and O–H groups in total. The molecule has 3 aromatic rings. The second-order valence-electron chi connectivity index (χ2n) is 9.02. The van der Waals surface area contributed by atoms with Crippen molar-refractivity contribution in [2.45, 2.75) is 19.0 Å². The summed E-state index contributed by atoms with van der Waals surface area (Å²) in [6, 6.07) is 21.0. The minimum absolute atomic E-state index is 0.267. The van der Waals surface area contributed by atoms with Crippen LogP contribution in [0.2, 0.25) is 0 Å². The van der Waals surface area contributed by atoms with E-state index in [4.69, 9.17) is 4.99 Å². The molecular weight excluding hydrogens is 469 g/mol. The lowest BCUT2D eigenvalue weighted by Crippen LogP contribution is -2.55. The van der Waals surface area contributed by atoms with Crippen molar-refractivity contribution in [2.75, 3.05) is 31.5 Å². The third-order valence-corrected chi connectivity index (χ3v) is 6.73. The van der Waals surface area contributed by atoms with Crippen molar-refractivity contribution in [2.24, 2.45) is 4.99 Å². The Morgan fingerprint density at radius 1 is 1.05 bits per heavy atom. The molecule has 1 atom stereocenters. The van der Waals surface area contributed by atoms with Gasteiger partial charge in [0.1, 0.15) is 5.82 Å². The second-order valence-corrected chi connectivity index (χ2v) is 9.02. The number of piperazine rings is 1. The molecule has 1 saturated heterocycles. The Kier molecular flexibility index (Phi) is 7.28. The minimum atomic E-state index is -0.360. The normalized spacial score (nSPS) is 17.5. The number of urea groups is 1. The van der Waals surface area contributed by atoms with Crippen molar-refractivity contribution in [1.82, 2.24) is 20.4 Å². The largest absolute Gasteiger partial charge is 0.338 e. The predicted molar refractivity (Wildman–Crippen MR) is 141 cm³/mol. The van der Waals surface area contributed by atoms with E-state index in [1.807, 2.05) is 53.6 Å². The Balaban J connectivity index is 1.42. The lowest BCUT2D eigenvalue weighted by atomic mass is 9.99. The predicted octanol–water partition coefficient (Wildman–Crippen LogP) is 4.12. The van der Waals surface area contributed by atoms with E-state index in [2.05, 4.69) is 22.0 Å². The summed E-state index contributed by atoms with van der Waals surface area (Å²) in [4.78, 5) is 22.0. The molecule has 0 bridgehead atoms. The highest BCUT2D eigenvalue weighted by molar-refractivity contribution is 5.90. The Morgan fingerprint density at radius 2 is 1.86 bits per heavy atom. The van der Waals surface area contributed by atoms with Gasteiger partial charge in [-0.1, -0.05) is 42.5 Å². The van der Waals surface area contributed by atoms with Crippen LogP contribution in [0.3, 0.4) is 0 Å². The first-order valence-electron chi connectivity index (χ1n) is 12.3. The van der Waals surface area contributed by atoms with E-state index >= 15 is 0 Å². The molecule has 1 fully saturated rings. The molecule has 2 aliphatic heterocycles. The molecule has 9 heteroatoms. The Labute approximate surface area is 215 Å². The van der Waals surface area contributed by atoms with Crippen molar-refractivity contribution in [1.29, 1.82) is 5.26 Å². The Hall–Kier alpha value is -4.42. The monoisotopic (exact) mass is 497 g/mol. The summed E-state index contributed by atoms with van der Waals surface area (Å²) in [5.41, 5.74) is 4.76. The molecule has 0 radical (unpaired) electrons. The van der Waals surface area contributed by atoms with Crippen molar-refractivity contribution in [3.63, 3.8) is 0 Å². The number of hydrogen-bond acceptors (Lipinski definition) is 4. The summed E-state index contributed by atoms with van der Waals surface area (Å²) in [5.74, 6) is 0.107. The van der Waals surface area contributed by atoms with Gasteiger partial charge in [0.05, 0.1) is 11.7 Å². The first-order chi connectivity index (χ1) is 18.1. The average molecular weight is 498 g/mol. The number of nitriles is 1. The minimum Gasteiger partial charge on any atom is -0.338 e. The van der Waals surface area contributed by atoms with Crippen LogP contribution in [-0.2, 0) is 13.0 Å². The first kappa shape index (κ1) is 24.3. The zero-order valence-corrected chi connectivity index (χ0v) is 20.3. The molecule has 8 nitrogen and oxygen atoms in total. The van der Waals surface area contributed by atoms with Crippen LogP contribution in [0, 0.1) is 17.3 Å². The number of nitrogens with zero attached hydrogens (tertiary/aromatic N) is 4. The Morgan fingerprint density at radius 3 is 2.65 bits per heavy atom. The molecule has 37 heavy (non-hydrogen) atoms. The van der Waals surface area contributed by atoms with Crippen LogP contribution in [0.4, 0.5) is 20.6 Å². The number of carbonyl (C=O) groups excluding carboxylic acids is 1. The van der Waals surface area contributed by atoms with Crippen LogP contribution in [0.25, 0.3) is 0 Å². The standard InChI is InChI=1S/C28H28FN7O/c29-22-9-11-23(12-10-22)33-28(37)36-16-15-35(18-26(36)20-5-2-1-3-6-20)27(32-19-30)34-25-8-4-7-21-17-31-14-13-24(21)25/h1-12,26,31H,13-18H2,(H,32,34)(H,33,37). The summed E-state index contributed by atoms with van der Waals surface area (Å²) in [6.45, 7) is 3.04. The smallest absolute Gasteiger partial charge is 0.322 e. The maximum Gasteiger partial charge on any atom is 0.322 e. The van der Waals surface area contributed by atoms with Gasteiger partial charge in [-0.3, -0.25) is 5.32 Å². The van der Waals surface area contributed by atoms with Gasteiger partial charge in [-0.15, -0.1) is 0 Å². The number of hydrogen-bond donors (Lipinski definition) is 3. The van der Waals surface area contributed by atoms with Crippen molar-refractivity contribution < 1.29 is 9.18 Å². The number of anilines is 1. The maximum absolute atomic E-state index is 13.3. The molecule has 188 valence electrons. The van der Waals surface area contributed by atoms with Gasteiger partial charge in [0, 0.05) is 31.9 Å². The number of carbonyl (C=O) groups is 1. The zero-order chi connectivity index (χ0) is 25.6. The van der Waals surface area contributed by atoms with Crippen LogP contribution < -0.4 is 16.0 Å². The van der Waals surface area contributed by atoms with Crippen LogP contribution in [0.1, 0.15) is 22.7 Å². The van der Waals surface area contributed by atoms with Gasteiger partial charge >= 0.3 is 6.03 Å². The highest BCUT2D eigenvalue weighted by atomic mass is 19.1. The number of guanidine groups is 1. The van der Waals surface area contributed by atoms with Crippen LogP contribution in [0.15, 0.2) is 77.8 Å². The van der Waals surface area contributed by atoms with Crippen molar-refractivity contribution >= 4 is 23.4 Å². The molecular formula is C28H28FN7O. The van der Waals surface area contributed by atoms with E-state index in [1.54, 1.807) is 17.0 Å². The van der Waals surface area contributed by atoms with Gasteiger partial charge in [0.2, 0.25) is 5.96 Å². The molecule has 0 saturated carbocycles. The van der Waals surface area contributed by atoms with E-state index in [0.29, 0.717) is 31.3 Å². The van der Waals surface area contributed by atoms with Gasteiger partial charge in [-0.05, 0) is 60.0 Å². The topological polar surface area (TPSA) is 95.8 Å². The van der Waals surface area contributed by atoms with Gasteiger partial charge < -0.3 is 20.4 Å². The van der Waals surface area contributed by atoms with Gasteiger partial charge in [-0.25, -0.2) is 14.2 Å². The molecule has 2 heterocycles. The number of amides is 2. The lowest BCUT2D eigenvalue weighted by molar-refractivity contribution is 0.135. The van der Waals surface area contributed by atoms with E-state index < -0.39 is 0 Å². The number of fused-ring (bicyclic) bond motifs is 1.